The van der Waals surface area contributed by atoms with Gasteiger partial charge in [-0.1, -0.05) is 13.3 Å². The number of nitrogens with zero attached hydrogens (tertiary/aromatic N) is 5. The maximum Gasteiger partial charge on any atom is 0.411 e. The Morgan fingerprint density at radius 3 is 2.42 bits per heavy atom. The fraction of sp³-hybridized carbons (Fsp3) is 0.815. The lowest BCUT2D eigenvalue weighted by atomic mass is 9.85. The Morgan fingerprint density at radius 1 is 1.07 bits per heavy atom. The third kappa shape index (κ3) is 7.35. The first-order chi connectivity index (χ1) is 18.7. The largest absolute Gasteiger partial charge is 0.444 e. The molecule has 1 aromatic heterocycles. The van der Waals surface area contributed by atoms with Crippen molar-refractivity contribution in [3.63, 3.8) is 0 Å². The number of alkyl carbamates (subject to hydrolysis) is 1. The third-order valence-electron chi connectivity index (χ3n) is 7.03. The van der Waals surface area contributed by atoms with Gasteiger partial charge in [-0.2, -0.15) is 5.06 Å². The topological polar surface area (TPSA) is 140 Å². The van der Waals surface area contributed by atoms with E-state index in [4.69, 9.17) is 18.7 Å². The number of ether oxygens (including phenoxy) is 2. The van der Waals surface area contributed by atoms with Crippen molar-refractivity contribution in [2.75, 3.05) is 13.2 Å². The summed E-state index contributed by atoms with van der Waals surface area (Å²) >= 11 is 0. The van der Waals surface area contributed by atoms with E-state index in [2.05, 4.69) is 22.4 Å². The maximum absolute atomic E-state index is 13.1. The fourth-order valence-electron chi connectivity index (χ4n) is 5.07. The molecule has 1 aliphatic carbocycles. The van der Waals surface area contributed by atoms with Crippen LogP contribution in [0.5, 0.6) is 0 Å². The van der Waals surface area contributed by atoms with E-state index in [0.29, 0.717) is 38.3 Å². The first-order valence-corrected chi connectivity index (χ1v) is 14.3. The van der Waals surface area contributed by atoms with E-state index in [9.17, 15) is 14.4 Å². The molecule has 13 heteroatoms. The molecule has 3 heterocycles. The van der Waals surface area contributed by atoms with E-state index in [1.54, 1.807) is 30.6 Å². The van der Waals surface area contributed by atoms with Crippen molar-refractivity contribution in [1.82, 2.24) is 30.4 Å². The van der Waals surface area contributed by atoms with Gasteiger partial charge >= 0.3 is 18.2 Å². The Morgan fingerprint density at radius 2 is 1.77 bits per heavy atom. The Balaban J connectivity index is 1.39. The number of carbonyl (C=O) groups is 3. The number of unbranched alkanes of at least 4 members (excludes halogenated alkanes) is 1. The van der Waals surface area contributed by atoms with Crippen LogP contribution >= 0.6 is 0 Å². The molecule has 2 atom stereocenters. The van der Waals surface area contributed by atoms with Crippen molar-refractivity contribution in [3.05, 3.63) is 11.8 Å². The van der Waals surface area contributed by atoms with E-state index in [1.807, 2.05) is 20.8 Å². The number of hydroxylamine groups is 2. The summed E-state index contributed by atoms with van der Waals surface area (Å²) in [6, 6.07) is -0.814. The molecule has 40 heavy (non-hydrogen) atoms. The minimum atomic E-state index is -0.687. The summed E-state index contributed by atoms with van der Waals surface area (Å²) in [6.07, 6.45) is 3.44. The molecule has 2 aliphatic heterocycles. The molecule has 0 spiro atoms. The number of piperidine rings is 1. The summed E-state index contributed by atoms with van der Waals surface area (Å²) in [7, 11) is 0. The van der Waals surface area contributed by atoms with Gasteiger partial charge in [-0.3, -0.25) is 9.74 Å². The molecule has 2 saturated heterocycles. The van der Waals surface area contributed by atoms with Crippen LogP contribution in [-0.4, -0.2) is 85.8 Å². The average Bonchev–Trinajstić information content (AvgIpc) is 3.36. The molecule has 4 rings (SSSR count). The molecule has 224 valence electrons. The molecular formula is C27H44N6O7. The minimum Gasteiger partial charge on any atom is -0.444 e. The van der Waals surface area contributed by atoms with E-state index >= 15 is 0 Å². The molecule has 1 aromatic rings. The van der Waals surface area contributed by atoms with Crippen LogP contribution in [0.15, 0.2) is 4.42 Å². The highest BCUT2D eigenvalue weighted by Crippen LogP contribution is 2.38. The van der Waals surface area contributed by atoms with Crippen molar-refractivity contribution >= 4 is 18.2 Å². The lowest BCUT2D eigenvalue weighted by Crippen LogP contribution is -2.56. The molecule has 3 fully saturated rings. The molecular weight excluding hydrogens is 520 g/mol. The van der Waals surface area contributed by atoms with Gasteiger partial charge in [0.05, 0.1) is 12.6 Å². The highest BCUT2D eigenvalue weighted by Gasteiger charge is 2.48. The number of nitrogens with one attached hydrogen (secondary N) is 1. The molecule has 1 saturated carbocycles. The Labute approximate surface area is 235 Å². The van der Waals surface area contributed by atoms with Crippen molar-refractivity contribution in [1.29, 1.82) is 0 Å². The number of aromatic nitrogens is 2. The SMILES string of the molecule is CCCCON1C(=O)N2C[C@@H]1CC[C@H]2c1nnc(CN(C(=O)OC(C)(C)C)C2CC(NC(=O)OC(C)(C)C)C2)o1. The normalized spacial score (nSPS) is 24.5. The summed E-state index contributed by atoms with van der Waals surface area (Å²) in [5, 5.41) is 12.8. The zero-order chi connectivity index (χ0) is 29.2. The number of hydrogen-bond acceptors (Lipinski definition) is 9. The van der Waals surface area contributed by atoms with Crippen LogP contribution in [0.3, 0.4) is 0 Å². The lowest BCUT2D eigenvalue weighted by molar-refractivity contribution is -0.130. The monoisotopic (exact) mass is 564 g/mol. The molecule has 13 nitrogen and oxygen atoms in total. The van der Waals surface area contributed by atoms with Gasteiger partial charge in [-0.15, -0.1) is 10.2 Å². The Hall–Kier alpha value is -3.09. The summed E-state index contributed by atoms with van der Waals surface area (Å²) in [5.41, 5.74) is -1.28. The second kappa shape index (κ2) is 11.8. The van der Waals surface area contributed by atoms with Crippen LogP contribution in [0.2, 0.25) is 0 Å². The average molecular weight is 565 g/mol. The van der Waals surface area contributed by atoms with Crippen molar-refractivity contribution in [2.45, 2.75) is 129 Å². The second-order valence-corrected chi connectivity index (χ2v) is 12.8. The van der Waals surface area contributed by atoms with E-state index < -0.39 is 23.4 Å². The molecule has 0 unspecified atom stereocenters. The second-order valence-electron chi connectivity index (χ2n) is 12.8. The lowest BCUT2D eigenvalue weighted by Gasteiger charge is -2.42. The fourth-order valence-corrected chi connectivity index (χ4v) is 5.07. The minimum absolute atomic E-state index is 0.0199. The first-order valence-electron chi connectivity index (χ1n) is 14.3. The molecule has 1 N–H and O–H groups in total. The van der Waals surface area contributed by atoms with Gasteiger partial charge in [-0.25, -0.2) is 14.4 Å². The van der Waals surface area contributed by atoms with E-state index in [0.717, 1.165) is 19.3 Å². The highest BCUT2D eigenvalue weighted by molar-refractivity contribution is 5.77. The summed E-state index contributed by atoms with van der Waals surface area (Å²) in [4.78, 5) is 47.4. The van der Waals surface area contributed by atoms with Gasteiger partial charge in [0.1, 0.15) is 23.8 Å². The molecule has 4 amide bonds. The van der Waals surface area contributed by atoms with Crippen LogP contribution in [0.4, 0.5) is 14.4 Å². The number of urea groups is 1. The van der Waals surface area contributed by atoms with E-state index in [1.165, 1.54) is 5.06 Å². The van der Waals surface area contributed by atoms with E-state index in [-0.39, 0.29) is 42.6 Å². The molecule has 3 aliphatic rings. The summed E-state index contributed by atoms with van der Waals surface area (Å²) in [6.45, 7) is 14.0. The maximum atomic E-state index is 13.1. The van der Waals surface area contributed by atoms with Crippen LogP contribution in [0, 0.1) is 0 Å². The zero-order valence-electron chi connectivity index (χ0n) is 24.8. The third-order valence-corrected chi connectivity index (χ3v) is 7.03. The first kappa shape index (κ1) is 29.9. The van der Waals surface area contributed by atoms with Crippen molar-refractivity contribution in [3.8, 4) is 0 Å². The predicted molar refractivity (Wildman–Crippen MR) is 143 cm³/mol. The van der Waals surface area contributed by atoms with Gasteiger partial charge < -0.3 is 24.1 Å². The van der Waals surface area contributed by atoms with Crippen LogP contribution in [0.1, 0.15) is 105 Å². The number of amides is 4. The molecule has 0 aromatic carbocycles. The standard InChI is InChI=1S/C27H44N6O7/c1-8-9-12-37-33-18-10-11-20(32(15-18)24(33)35)22-30-29-21(38-22)16-31(25(36)40-27(5,6)7)19-13-17(14-19)28-23(34)39-26(2,3)4/h17-20H,8-16H2,1-7H3,(H,28,34)/t17?,18-,19?,20-/m0/s1. The van der Waals surface area contributed by atoms with Crippen LogP contribution in [-0.2, 0) is 20.9 Å². The van der Waals surface area contributed by atoms with Gasteiger partial charge in [0.2, 0.25) is 11.8 Å². The van der Waals surface area contributed by atoms with Crippen molar-refractivity contribution < 1.29 is 33.1 Å². The zero-order valence-corrected chi connectivity index (χ0v) is 24.8. The van der Waals surface area contributed by atoms with Gasteiger partial charge in [0, 0.05) is 18.6 Å². The van der Waals surface area contributed by atoms with Gasteiger partial charge in [-0.05, 0) is 73.6 Å². The summed E-state index contributed by atoms with van der Waals surface area (Å²) in [5.74, 6) is 0.605. The van der Waals surface area contributed by atoms with Crippen LogP contribution < -0.4 is 5.32 Å². The number of hydrogen-bond donors (Lipinski definition) is 1. The van der Waals surface area contributed by atoms with Gasteiger partial charge in [0.15, 0.2) is 0 Å². The predicted octanol–water partition coefficient (Wildman–Crippen LogP) is 4.54. The Bertz CT molecular complexity index is 1060. The summed E-state index contributed by atoms with van der Waals surface area (Å²) < 4.78 is 17.0. The van der Waals surface area contributed by atoms with Crippen molar-refractivity contribution in [2.24, 2.45) is 0 Å². The van der Waals surface area contributed by atoms with Gasteiger partial charge in [0.25, 0.3) is 0 Å². The highest BCUT2D eigenvalue weighted by atomic mass is 16.7. The number of carbonyl (C=O) groups excluding carboxylic acids is 3. The Kier molecular flexibility index (Phi) is 8.81. The van der Waals surface area contributed by atoms with Crippen LogP contribution in [0.25, 0.3) is 0 Å². The molecule has 2 bridgehead atoms. The number of rotatable bonds is 9. The smallest absolute Gasteiger partial charge is 0.411 e. The number of fused-ring (bicyclic) bond motifs is 2. The molecule has 0 radical (unpaired) electrons. The quantitative estimate of drug-likeness (QED) is 0.428.